The second kappa shape index (κ2) is 8.46. The van der Waals surface area contributed by atoms with Gasteiger partial charge in [-0.25, -0.2) is 4.39 Å². The molecule has 0 unspecified atom stereocenters. The van der Waals surface area contributed by atoms with Crippen LogP contribution in [0.15, 0.2) is 18.2 Å². The molecule has 0 atom stereocenters. The smallest absolute Gasteiger partial charge is 0.423 e. The second-order valence-electron chi connectivity index (χ2n) is 7.49. The first kappa shape index (κ1) is 17.9. The third kappa shape index (κ3) is 4.38. The fourth-order valence-electron chi connectivity index (χ4n) is 4.48. The van der Waals surface area contributed by atoms with Crippen molar-refractivity contribution in [2.45, 2.75) is 82.8 Å². The van der Waals surface area contributed by atoms with E-state index in [0.29, 0.717) is 12.1 Å². The van der Waals surface area contributed by atoms with Crippen molar-refractivity contribution in [3.8, 4) is 0 Å². The summed E-state index contributed by atoms with van der Waals surface area (Å²) in [5, 5.41) is 18.7. The van der Waals surface area contributed by atoms with Crippen LogP contribution in [0.5, 0.6) is 0 Å². The van der Waals surface area contributed by atoms with E-state index in [9.17, 15) is 14.4 Å². The summed E-state index contributed by atoms with van der Waals surface area (Å²) in [5.41, 5.74) is 0.968. The van der Waals surface area contributed by atoms with Gasteiger partial charge in [-0.05, 0) is 37.3 Å². The Morgan fingerprint density at radius 2 is 1.46 bits per heavy atom. The number of rotatable bonds is 5. The van der Waals surface area contributed by atoms with Gasteiger partial charge in [-0.3, -0.25) is 4.90 Å². The zero-order valence-electron chi connectivity index (χ0n) is 14.5. The minimum atomic E-state index is -1.75. The molecular weight excluding hydrogens is 304 g/mol. The third-order valence-electron chi connectivity index (χ3n) is 5.79. The van der Waals surface area contributed by atoms with E-state index in [1.54, 1.807) is 12.1 Å². The fourth-order valence-corrected chi connectivity index (χ4v) is 4.48. The summed E-state index contributed by atoms with van der Waals surface area (Å²) >= 11 is 0. The number of halogens is 1. The number of hydrogen-bond donors (Lipinski definition) is 2. The molecule has 1 aromatic carbocycles. The molecular formula is C19H29BFNO2. The van der Waals surface area contributed by atoms with E-state index in [4.69, 9.17) is 0 Å². The van der Waals surface area contributed by atoms with Crippen molar-refractivity contribution in [3.05, 3.63) is 29.6 Å². The van der Waals surface area contributed by atoms with Crippen molar-refractivity contribution in [1.29, 1.82) is 0 Å². The predicted molar refractivity (Wildman–Crippen MR) is 95.5 cm³/mol. The van der Waals surface area contributed by atoms with Crippen LogP contribution in [0, 0.1) is 5.82 Å². The molecule has 0 aromatic heterocycles. The molecule has 24 heavy (non-hydrogen) atoms. The molecule has 0 radical (unpaired) electrons. The van der Waals surface area contributed by atoms with Gasteiger partial charge in [0.1, 0.15) is 5.82 Å². The summed E-state index contributed by atoms with van der Waals surface area (Å²) in [7, 11) is -1.75. The summed E-state index contributed by atoms with van der Waals surface area (Å²) in [6.07, 6.45) is 12.9. The van der Waals surface area contributed by atoms with Crippen LogP contribution in [0.25, 0.3) is 0 Å². The maximum absolute atomic E-state index is 13.7. The van der Waals surface area contributed by atoms with Gasteiger partial charge in [0.05, 0.1) is 0 Å². The van der Waals surface area contributed by atoms with E-state index < -0.39 is 12.9 Å². The Hall–Kier alpha value is -0.905. The molecule has 2 aliphatic rings. The van der Waals surface area contributed by atoms with E-state index >= 15 is 0 Å². The largest absolute Gasteiger partial charge is 0.491 e. The lowest BCUT2D eigenvalue weighted by atomic mass is 9.79. The normalized spacial score (nSPS) is 20.5. The first-order chi connectivity index (χ1) is 11.6. The van der Waals surface area contributed by atoms with E-state index in [1.165, 1.54) is 70.3 Å². The maximum atomic E-state index is 13.7. The zero-order valence-corrected chi connectivity index (χ0v) is 14.5. The summed E-state index contributed by atoms with van der Waals surface area (Å²) in [6.45, 7) is 0.787. The van der Waals surface area contributed by atoms with Gasteiger partial charge in [-0.2, -0.15) is 0 Å². The molecule has 0 saturated heterocycles. The average molecular weight is 333 g/mol. The maximum Gasteiger partial charge on any atom is 0.491 e. The molecule has 3 nitrogen and oxygen atoms in total. The van der Waals surface area contributed by atoms with Gasteiger partial charge in [-0.15, -0.1) is 0 Å². The number of benzene rings is 1. The van der Waals surface area contributed by atoms with E-state index in [-0.39, 0.29) is 5.46 Å². The van der Waals surface area contributed by atoms with Crippen molar-refractivity contribution in [2.75, 3.05) is 0 Å². The molecule has 0 bridgehead atoms. The highest BCUT2D eigenvalue weighted by Gasteiger charge is 2.29. The SMILES string of the molecule is OB(O)c1cc(CN(C2CCCCC2)C2CCCCC2)ccc1F. The molecule has 3 rings (SSSR count). The van der Waals surface area contributed by atoms with Crippen LogP contribution < -0.4 is 5.46 Å². The molecule has 0 aliphatic heterocycles. The van der Waals surface area contributed by atoms with Crippen LogP contribution in [-0.2, 0) is 6.54 Å². The van der Waals surface area contributed by atoms with Crippen LogP contribution in [0.4, 0.5) is 4.39 Å². The fraction of sp³-hybridized carbons (Fsp3) is 0.684. The molecule has 0 amide bonds. The van der Waals surface area contributed by atoms with E-state index in [2.05, 4.69) is 4.90 Å². The number of nitrogens with zero attached hydrogens (tertiary/aromatic N) is 1. The van der Waals surface area contributed by atoms with Gasteiger partial charge >= 0.3 is 7.12 Å². The monoisotopic (exact) mass is 333 g/mol. The molecule has 2 fully saturated rings. The quantitative estimate of drug-likeness (QED) is 0.814. The standard InChI is InChI=1S/C19H29BFNO2/c21-19-12-11-15(13-18(19)20(23)24)14-22(16-7-3-1-4-8-16)17-9-5-2-6-10-17/h11-13,16-17,23-24H,1-10,14H2. The van der Waals surface area contributed by atoms with Gasteiger partial charge in [0, 0.05) is 24.1 Å². The van der Waals surface area contributed by atoms with Crippen molar-refractivity contribution < 1.29 is 14.4 Å². The van der Waals surface area contributed by atoms with Gasteiger partial charge in [-0.1, -0.05) is 50.7 Å². The third-order valence-corrected chi connectivity index (χ3v) is 5.79. The lowest BCUT2D eigenvalue weighted by Gasteiger charge is -2.42. The van der Waals surface area contributed by atoms with Crippen molar-refractivity contribution in [1.82, 2.24) is 4.90 Å². The molecule has 0 heterocycles. The Kier molecular flexibility index (Phi) is 6.31. The van der Waals surface area contributed by atoms with Crippen LogP contribution in [-0.4, -0.2) is 34.2 Å². The Labute approximate surface area is 145 Å². The Morgan fingerprint density at radius 3 is 1.96 bits per heavy atom. The minimum Gasteiger partial charge on any atom is -0.423 e. The van der Waals surface area contributed by atoms with Crippen LogP contribution >= 0.6 is 0 Å². The summed E-state index contributed by atoms with van der Waals surface area (Å²) in [5.74, 6) is -0.546. The first-order valence-electron chi connectivity index (χ1n) is 9.55. The molecule has 2 N–H and O–H groups in total. The van der Waals surface area contributed by atoms with Crippen LogP contribution in [0.3, 0.4) is 0 Å². The van der Waals surface area contributed by atoms with Gasteiger partial charge in [0.2, 0.25) is 0 Å². The Morgan fingerprint density at radius 1 is 0.917 bits per heavy atom. The minimum absolute atomic E-state index is 0.0141. The molecule has 5 heteroatoms. The topological polar surface area (TPSA) is 43.7 Å². The summed E-state index contributed by atoms with van der Waals surface area (Å²) in [4.78, 5) is 2.64. The summed E-state index contributed by atoms with van der Waals surface area (Å²) in [6, 6.07) is 6.02. The Bertz CT molecular complexity index is 510. The lowest BCUT2D eigenvalue weighted by Crippen LogP contribution is -2.45. The van der Waals surface area contributed by atoms with Crippen LogP contribution in [0.2, 0.25) is 0 Å². The number of hydrogen-bond acceptors (Lipinski definition) is 3. The van der Waals surface area contributed by atoms with Gasteiger partial charge in [0.15, 0.2) is 0 Å². The molecule has 1 aromatic rings. The van der Waals surface area contributed by atoms with Crippen molar-refractivity contribution in [2.24, 2.45) is 0 Å². The van der Waals surface area contributed by atoms with Crippen molar-refractivity contribution in [3.63, 3.8) is 0 Å². The predicted octanol–water partition coefficient (Wildman–Crippen LogP) is 2.97. The second-order valence-corrected chi connectivity index (χ2v) is 7.49. The van der Waals surface area contributed by atoms with E-state index in [1.807, 2.05) is 0 Å². The molecule has 132 valence electrons. The highest BCUT2D eigenvalue weighted by molar-refractivity contribution is 6.58. The molecule has 2 saturated carbocycles. The lowest BCUT2D eigenvalue weighted by molar-refractivity contribution is 0.0731. The van der Waals surface area contributed by atoms with E-state index in [0.717, 1.165) is 12.1 Å². The molecule has 0 spiro atoms. The van der Waals surface area contributed by atoms with Crippen molar-refractivity contribution >= 4 is 12.6 Å². The zero-order chi connectivity index (χ0) is 16.9. The molecule has 2 aliphatic carbocycles. The van der Waals surface area contributed by atoms with Crippen LogP contribution in [0.1, 0.15) is 69.8 Å². The highest BCUT2D eigenvalue weighted by atomic mass is 19.1. The highest BCUT2D eigenvalue weighted by Crippen LogP contribution is 2.31. The average Bonchev–Trinajstić information content (AvgIpc) is 2.62. The first-order valence-corrected chi connectivity index (χ1v) is 9.55. The summed E-state index contributed by atoms with van der Waals surface area (Å²) < 4.78 is 13.7. The van der Waals surface area contributed by atoms with Gasteiger partial charge in [0.25, 0.3) is 0 Å². The Balaban J connectivity index is 1.78. The van der Waals surface area contributed by atoms with Gasteiger partial charge < -0.3 is 10.0 Å².